The van der Waals surface area contributed by atoms with Crippen LogP contribution in [0.4, 0.5) is 11.4 Å². The van der Waals surface area contributed by atoms with Gasteiger partial charge in [-0.3, -0.25) is 0 Å². The minimum absolute atomic E-state index is 0.0205. The van der Waals surface area contributed by atoms with Gasteiger partial charge in [0, 0.05) is 16.9 Å². The highest BCUT2D eigenvalue weighted by Crippen LogP contribution is 2.59. The summed E-state index contributed by atoms with van der Waals surface area (Å²) < 4.78 is 6.34. The zero-order valence-corrected chi connectivity index (χ0v) is 16.8. The Labute approximate surface area is 161 Å². The smallest absolute Gasteiger partial charge is 0.461 e. The Bertz CT molecular complexity index is 905. The number of nitrogens with two attached hydrogens (primary N) is 2. The van der Waals surface area contributed by atoms with Crippen LogP contribution in [-0.2, 0) is 5.41 Å². The maximum Gasteiger partial charge on any atom is 0.494 e. The Balaban J connectivity index is 2.08. The molecule has 0 aliphatic heterocycles. The van der Waals surface area contributed by atoms with E-state index in [0.29, 0.717) is 17.2 Å². The molecule has 146 valence electrons. The van der Waals surface area contributed by atoms with Gasteiger partial charge in [0.1, 0.15) is 11.3 Å². The van der Waals surface area contributed by atoms with Crippen LogP contribution in [0.15, 0.2) is 10.5 Å². The number of hydrogen-bond donors (Lipinski definition) is 4. The monoisotopic (exact) mass is 370 g/mol. The van der Waals surface area contributed by atoms with Gasteiger partial charge in [0.2, 0.25) is 0 Å². The van der Waals surface area contributed by atoms with Crippen LogP contribution in [-0.4, -0.2) is 17.2 Å². The van der Waals surface area contributed by atoms with Crippen LogP contribution < -0.4 is 16.9 Å². The molecule has 0 amide bonds. The highest BCUT2D eigenvalue weighted by atomic mass is 16.4. The minimum Gasteiger partial charge on any atom is -0.461 e. The van der Waals surface area contributed by atoms with Gasteiger partial charge in [-0.1, -0.05) is 34.1 Å². The van der Waals surface area contributed by atoms with Gasteiger partial charge in [-0.25, -0.2) is 0 Å². The maximum atomic E-state index is 9.95. The van der Waals surface area contributed by atoms with Crippen molar-refractivity contribution in [3.63, 3.8) is 0 Å². The Kier molecular flexibility index (Phi) is 4.10. The topological polar surface area (TPSA) is 106 Å². The first-order valence-corrected chi connectivity index (χ1v) is 10.1. The fourth-order valence-corrected chi connectivity index (χ4v) is 6.18. The van der Waals surface area contributed by atoms with E-state index in [1.807, 2.05) is 6.07 Å². The third-order valence-electron chi connectivity index (χ3n) is 7.51. The van der Waals surface area contributed by atoms with Crippen LogP contribution in [0.2, 0.25) is 0 Å². The molecule has 0 saturated heterocycles. The molecule has 1 saturated carbocycles. The zero-order valence-electron chi connectivity index (χ0n) is 16.8. The van der Waals surface area contributed by atoms with E-state index >= 15 is 0 Å². The van der Waals surface area contributed by atoms with Crippen LogP contribution in [0.25, 0.3) is 11.0 Å². The molecule has 3 atom stereocenters. The molecule has 0 spiro atoms. The summed E-state index contributed by atoms with van der Waals surface area (Å²) in [4.78, 5) is 0. The summed E-state index contributed by atoms with van der Waals surface area (Å²) in [7, 11) is -1.72. The molecule has 1 fully saturated rings. The van der Waals surface area contributed by atoms with E-state index < -0.39 is 7.12 Å². The van der Waals surface area contributed by atoms with Gasteiger partial charge in [0.25, 0.3) is 0 Å². The molecule has 6 heteroatoms. The average Bonchev–Trinajstić information content (AvgIpc) is 2.88. The normalized spacial score (nSPS) is 29.9. The molecule has 2 aliphatic rings. The van der Waals surface area contributed by atoms with E-state index in [1.54, 1.807) is 0 Å². The lowest BCUT2D eigenvalue weighted by molar-refractivity contribution is 0.0504. The van der Waals surface area contributed by atoms with Crippen LogP contribution >= 0.6 is 0 Å². The maximum absolute atomic E-state index is 9.95. The van der Waals surface area contributed by atoms with Crippen molar-refractivity contribution in [1.82, 2.24) is 0 Å². The molecule has 1 heterocycles. The Morgan fingerprint density at radius 1 is 1.15 bits per heavy atom. The zero-order chi connectivity index (χ0) is 19.7. The van der Waals surface area contributed by atoms with Crippen molar-refractivity contribution in [2.45, 2.75) is 71.1 Å². The summed E-state index contributed by atoms with van der Waals surface area (Å²) in [6.07, 6.45) is 5.77. The second kappa shape index (κ2) is 5.92. The molecular formula is C21H31BN2O3. The third-order valence-corrected chi connectivity index (χ3v) is 7.51. The van der Waals surface area contributed by atoms with Gasteiger partial charge in [0.05, 0.1) is 16.8 Å². The summed E-state index contributed by atoms with van der Waals surface area (Å²) in [5, 5.41) is 20.8. The summed E-state index contributed by atoms with van der Waals surface area (Å²) in [6.45, 7) is 9.35. The Morgan fingerprint density at radius 2 is 1.85 bits per heavy atom. The lowest BCUT2D eigenvalue weighted by Crippen LogP contribution is -2.44. The van der Waals surface area contributed by atoms with Gasteiger partial charge in [0.15, 0.2) is 0 Å². The first kappa shape index (κ1) is 18.7. The second-order valence-corrected chi connectivity index (χ2v) is 9.68. The molecule has 1 aromatic carbocycles. The number of hydrogen-bond acceptors (Lipinski definition) is 5. The van der Waals surface area contributed by atoms with Gasteiger partial charge in [-0.05, 0) is 48.5 Å². The molecule has 2 aromatic rings. The van der Waals surface area contributed by atoms with Crippen molar-refractivity contribution in [2.24, 2.45) is 11.3 Å². The van der Waals surface area contributed by atoms with E-state index in [1.165, 1.54) is 24.8 Å². The van der Waals surface area contributed by atoms with Crippen molar-refractivity contribution in [3.05, 3.63) is 17.4 Å². The van der Waals surface area contributed by atoms with Crippen molar-refractivity contribution < 1.29 is 14.5 Å². The number of benzene rings is 1. The van der Waals surface area contributed by atoms with E-state index in [-0.39, 0.29) is 27.9 Å². The van der Waals surface area contributed by atoms with Crippen molar-refractivity contribution in [2.75, 3.05) is 11.5 Å². The summed E-state index contributed by atoms with van der Waals surface area (Å²) in [5.74, 6) is 1.79. The quantitative estimate of drug-likeness (QED) is 0.456. The number of nitrogen functional groups attached to an aromatic ring is 2. The van der Waals surface area contributed by atoms with Gasteiger partial charge >= 0.3 is 7.12 Å². The Hall–Kier alpha value is -1.66. The van der Waals surface area contributed by atoms with E-state index in [4.69, 9.17) is 15.9 Å². The molecule has 6 N–H and O–H groups in total. The average molecular weight is 370 g/mol. The van der Waals surface area contributed by atoms with Crippen LogP contribution in [0.5, 0.6) is 0 Å². The van der Waals surface area contributed by atoms with Crippen LogP contribution in [0.1, 0.15) is 77.0 Å². The molecule has 0 bridgehead atoms. The summed E-state index contributed by atoms with van der Waals surface area (Å²) in [5.41, 5.74) is 14.9. The predicted octanol–water partition coefficient (Wildman–Crippen LogP) is 3.26. The number of fused-ring (bicyclic) bond motifs is 5. The molecule has 4 rings (SSSR count). The third kappa shape index (κ3) is 2.53. The van der Waals surface area contributed by atoms with Crippen LogP contribution in [0, 0.1) is 11.3 Å². The van der Waals surface area contributed by atoms with Crippen molar-refractivity contribution in [1.29, 1.82) is 0 Å². The number of rotatable bonds is 1. The van der Waals surface area contributed by atoms with Gasteiger partial charge < -0.3 is 25.9 Å². The predicted molar refractivity (Wildman–Crippen MR) is 111 cm³/mol. The molecule has 1 aromatic heterocycles. The van der Waals surface area contributed by atoms with Crippen molar-refractivity contribution >= 4 is 34.9 Å². The molecule has 27 heavy (non-hydrogen) atoms. The largest absolute Gasteiger partial charge is 0.494 e. The lowest BCUT2D eigenvalue weighted by atomic mass is 9.53. The number of anilines is 2. The molecule has 5 nitrogen and oxygen atoms in total. The fourth-order valence-electron chi connectivity index (χ4n) is 6.18. The Morgan fingerprint density at radius 3 is 2.52 bits per heavy atom. The molecule has 2 aliphatic carbocycles. The van der Waals surface area contributed by atoms with E-state index in [2.05, 4.69) is 27.7 Å². The minimum atomic E-state index is -1.72. The molecular weight excluding hydrogens is 339 g/mol. The van der Waals surface area contributed by atoms with E-state index in [9.17, 15) is 10.0 Å². The standard InChI is InChI=1S/C21H31BN2O3/c1-11-6-7-14-20(2,3)8-5-9-21(14,4)15-12-10-13(23)17(24)16(22(25)26)19(12)27-18(11)15/h10-11,14,25-26H,5-9,23-24H2,1-4H3. The number of furan rings is 1. The molecule has 0 radical (unpaired) electrons. The highest BCUT2D eigenvalue weighted by Gasteiger charge is 2.51. The second-order valence-electron chi connectivity index (χ2n) is 9.68. The van der Waals surface area contributed by atoms with Gasteiger partial charge in [-0.2, -0.15) is 0 Å². The fraction of sp³-hybridized carbons (Fsp3) is 0.619. The first-order valence-electron chi connectivity index (χ1n) is 10.1. The summed E-state index contributed by atoms with van der Waals surface area (Å²) in [6, 6.07) is 1.88. The highest BCUT2D eigenvalue weighted by molar-refractivity contribution is 6.64. The van der Waals surface area contributed by atoms with Gasteiger partial charge in [-0.15, -0.1) is 0 Å². The van der Waals surface area contributed by atoms with E-state index in [0.717, 1.165) is 24.0 Å². The SMILES string of the molecule is CC1CCC2C(C)(C)CCCC2(C)c2c1oc1c(B(O)O)c(N)c(N)cc21. The first-order chi connectivity index (χ1) is 12.6. The summed E-state index contributed by atoms with van der Waals surface area (Å²) >= 11 is 0. The lowest BCUT2D eigenvalue weighted by Gasteiger charge is -2.50. The van der Waals surface area contributed by atoms with Crippen molar-refractivity contribution in [3.8, 4) is 0 Å². The molecule has 3 unspecified atom stereocenters. The van der Waals surface area contributed by atoms with Crippen LogP contribution in [0.3, 0.4) is 0 Å².